The highest BCUT2D eigenvalue weighted by Crippen LogP contribution is 2.38. The Morgan fingerprint density at radius 2 is 1.91 bits per heavy atom. The molecule has 7 nitrogen and oxygen atoms in total. The number of nitrogens with one attached hydrogen (secondary N) is 2. The van der Waals surface area contributed by atoms with Crippen molar-refractivity contribution in [3.63, 3.8) is 0 Å². The molecule has 32 heavy (non-hydrogen) atoms. The van der Waals surface area contributed by atoms with Crippen LogP contribution in [0.3, 0.4) is 0 Å². The van der Waals surface area contributed by atoms with Crippen molar-refractivity contribution in [1.82, 2.24) is 24.8 Å². The number of benzene rings is 1. The smallest absolute Gasteiger partial charge is 0.251 e. The van der Waals surface area contributed by atoms with E-state index in [4.69, 9.17) is 0 Å². The van der Waals surface area contributed by atoms with Crippen molar-refractivity contribution in [2.75, 3.05) is 19.6 Å². The minimum atomic E-state index is -0.0818. The van der Waals surface area contributed by atoms with E-state index < -0.39 is 0 Å². The zero-order chi connectivity index (χ0) is 20.5. The van der Waals surface area contributed by atoms with Gasteiger partial charge in [0.05, 0.1) is 6.04 Å². The van der Waals surface area contributed by atoms with Crippen molar-refractivity contribution in [1.29, 1.82) is 0 Å². The van der Waals surface area contributed by atoms with E-state index in [9.17, 15) is 9.59 Å². The van der Waals surface area contributed by atoms with Crippen LogP contribution in [0.1, 0.15) is 24.1 Å². The lowest BCUT2D eigenvalue weighted by molar-refractivity contribution is -0.121. The fourth-order valence-corrected chi connectivity index (χ4v) is 4.88. The summed E-state index contributed by atoms with van der Waals surface area (Å²) in [5.41, 5.74) is 2.07. The van der Waals surface area contributed by atoms with Gasteiger partial charge in [0.2, 0.25) is 5.91 Å². The summed E-state index contributed by atoms with van der Waals surface area (Å²) >= 11 is 0. The number of imidazole rings is 1. The quantitative estimate of drug-likeness (QED) is 0.594. The zero-order valence-electron chi connectivity index (χ0n) is 17.5. The maximum Gasteiger partial charge on any atom is 0.251 e. The molecule has 1 fully saturated rings. The summed E-state index contributed by atoms with van der Waals surface area (Å²) in [6.45, 7) is 2.42. The van der Waals surface area contributed by atoms with Crippen molar-refractivity contribution in [2.24, 2.45) is 5.92 Å². The van der Waals surface area contributed by atoms with Crippen LogP contribution in [0, 0.1) is 5.92 Å². The van der Waals surface area contributed by atoms with Gasteiger partial charge in [-0.05, 0) is 18.4 Å². The first-order valence-electron chi connectivity index (χ1n) is 10.5. The minimum Gasteiger partial charge on any atom is -0.352 e. The highest BCUT2D eigenvalue weighted by Gasteiger charge is 2.37. The second-order valence-corrected chi connectivity index (χ2v) is 8.13. The number of fused-ring (bicyclic) bond motifs is 4. The van der Waals surface area contributed by atoms with E-state index in [1.165, 1.54) is 0 Å². The van der Waals surface area contributed by atoms with Crippen molar-refractivity contribution in [3.8, 4) is 11.4 Å². The molecule has 0 spiro atoms. The predicted octanol–water partition coefficient (Wildman–Crippen LogP) is 2.62. The summed E-state index contributed by atoms with van der Waals surface area (Å²) in [4.78, 5) is 29.8. The Hall–Kier alpha value is -2.61. The normalized spacial score (nSPS) is 20.9. The third kappa shape index (κ3) is 4.60. The molecule has 0 aliphatic carbocycles. The Morgan fingerprint density at radius 3 is 2.72 bits per heavy atom. The number of hydrogen-bond acceptors (Lipinski definition) is 4. The van der Waals surface area contributed by atoms with Gasteiger partial charge in [-0.15, -0.1) is 24.8 Å². The van der Waals surface area contributed by atoms with Gasteiger partial charge in [-0.3, -0.25) is 9.59 Å². The number of hydrogen-bond donors (Lipinski definition) is 2. The first-order chi connectivity index (χ1) is 14.7. The van der Waals surface area contributed by atoms with Crippen LogP contribution in [0.15, 0.2) is 65.7 Å². The molecule has 3 atom stereocenters. The molecule has 1 aromatic carbocycles. The number of carbonyl (C=O) groups excluding carboxylic acids is 1. The second kappa shape index (κ2) is 10.3. The molecule has 1 saturated heterocycles. The lowest BCUT2D eigenvalue weighted by Crippen LogP contribution is -2.50. The number of amides is 1. The molecule has 4 heterocycles. The van der Waals surface area contributed by atoms with Gasteiger partial charge in [-0.1, -0.05) is 36.4 Å². The predicted molar refractivity (Wildman–Crippen MR) is 129 cm³/mol. The van der Waals surface area contributed by atoms with Crippen molar-refractivity contribution in [2.45, 2.75) is 24.9 Å². The van der Waals surface area contributed by atoms with E-state index in [1.807, 2.05) is 57.8 Å². The average molecular weight is 476 g/mol. The number of pyridine rings is 1. The van der Waals surface area contributed by atoms with E-state index in [0.29, 0.717) is 18.4 Å². The molecule has 2 N–H and O–H groups in total. The molecule has 9 heteroatoms. The third-order valence-electron chi connectivity index (χ3n) is 6.27. The topological polar surface area (TPSA) is 81.0 Å². The summed E-state index contributed by atoms with van der Waals surface area (Å²) in [5.74, 6) is 1.39. The molecule has 5 rings (SSSR count). The Morgan fingerprint density at radius 1 is 1.09 bits per heavy atom. The van der Waals surface area contributed by atoms with Crippen molar-refractivity contribution in [3.05, 3.63) is 77.0 Å². The maximum absolute atomic E-state index is 12.7. The Bertz CT molecular complexity index is 1110. The average Bonchev–Trinajstić information content (AvgIpc) is 3.23. The van der Waals surface area contributed by atoms with Crippen LogP contribution in [-0.4, -0.2) is 39.7 Å². The monoisotopic (exact) mass is 475 g/mol. The Labute approximate surface area is 199 Å². The van der Waals surface area contributed by atoms with Crippen molar-refractivity contribution >= 4 is 30.7 Å². The molecule has 3 aromatic rings. The highest BCUT2D eigenvalue weighted by molar-refractivity contribution is 5.85. The molecule has 170 valence electrons. The van der Waals surface area contributed by atoms with E-state index in [2.05, 4.69) is 15.6 Å². The largest absolute Gasteiger partial charge is 0.352 e. The van der Waals surface area contributed by atoms with E-state index in [0.717, 1.165) is 36.6 Å². The van der Waals surface area contributed by atoms with E-state index >= 15 is 0 Å². The van der Waals surface area contributed by atoms with Gasteiger partial charge >= 0.3 is 0 Å². The number of rotatable bonds is 5. The van der Waals surface area contributed by atoms with Gasteiger partial charge in [-0.25, -0.2) is 4.98 Å². The first kappa shape index (κ1) is 24.0. The summed E-state index contributed by atoms with van der Waals surface area (Å²) in [6, 6.07) is 15.3. The van der Waals surface area contributed by atoms with Crippen molar-refractivity contribution < 1.29 is 4.79 Å². The van der Waals surface area contributed by atoms with E-state index in [-0.39, 0.29) is 48.9 Å². The SMILES string of the molecule is Cl.Cl.O=C(Cn1ccnc1-c1ccccc1)NC[C@H]1[C@@H]2CNC[C@@H](C2)c2cccc(=O)n21. The molecule has 2 bridgehead atoms. The van der Waals surface area contributed by atoms with Crippen LogP contribution < -0.4 is 16.2 Å². The standard InChI is InChI=1S/C23H25N5O2.2ClH/c29-21(15-27-10-9-25-23(27)16-5-2-1-3-6-16)26-14-20-18-11-17(12-24-13-18)19-7-4-8-22(30)28(19)20;;/h1-10,17-18,20,24H,11-15H2,(H,26,29);2*1H/t17-,18+,20+;;/m1../s1. The number of piperidine rings is 1. The first-order valence-corrected chi connectivity index (χ1v) is 10.5. The molecule has 2 aliphatic heterocycles. The minimum absolute atomic E-state index is 0. The third-order valence-corrected chi connectivity index (χ3v) is 6.27. The molecular weight excluding hydrogens is 449 g/mol. The van der Waals surface area contributed by atoms with Crippen LogP contribution in [0.4, 0.5) is 0 Å². The van der Waals surface area contributed by atoms with Gasteiger partial charge < -0.3 is 19.8 Å². The van der Waals surface area contributed by atoms with Crippen LogP contribution in [0.5, 0.6) is 0 Å². The number of halogens is 2. The summed E-state index contributed by atoms with van der Waals surface area (Å²) < 4.78 is 3.76. The molecule has 0 saturated carbocycles. The highest BCUT2D eigenvalue weighted by atomic mass is 35.5. The molecule has 2 aromatic heterocycles. The molecule has 0 radical (unpaired) electrons. The van der Waals surface area contributed by atoms with Gasteiger partial charge in [0, 0.05) is 55.3 Å². The number of nitrogens with zero attached hydrogens (tertiary/aromatic N) is 3. The van der Waals surface area contributed by atoms with Crippen LogP contribution in [-0.2, 0) is 11.3 Å². The van der Waals surface area contributed by atoms with Gasteiger partial charge in [-0.2, -0.15) is 0 Å². The number of carbonyl (C=O) groups is 1. The Balaban J connectivity index is 0.00000144. The summed E-state index contributed by atoms with van der Waals surface area (Å²) in [6.07, 6.45) is 4.58. The Kier molecular flexibility index (Phi) is 7.77. The second-order valence-electron chi connectivity index (χ2n) is 8.13. The number of aromatic nitrogens is 3. The fraction of sp³-hybridized carbons (Fsp3) is 0.348. The lowest BCUT2D eigenvalue weighted by Gasteiger charge is -2.43. The van der Waals surface area contributed by atoms with E-state index in [1.54, 1.807) is 12.3 Å². The molecular formula is C23H27Cl2N5O2. The fourth-order valence-electron chi connectivity index (χ4n) is 4.88. The van der Waals surface area contributed by atoms with Crippen LogP contribution >= 0.6 is 24.8 Å². The van der Waals surface area contributed by atoms with Gasteiger partial charge in [0.25, 0.3) is 5.56 Å². The summed E-state index contributed by atoms with van der Waals surface area (Å²) in [5, 5.41) is 6.55. The summed E-state index contributed by atoms with van der Waals surface area (Å²) in [7, 11) is 0. The molecule has 0 unspecified atom stereocenters. The van der Waals surface area contributed by atoms with Crippen LogP contribution in [0.2, 0.25) is 0 Å². The lowest BCUT2D eigenvalue weighted by atomic mass is 9.79. The molecule has 1 amide bonds. The zero-order valence-corrected chi connectivity index (χ0v) is 19.1. The van der Waals surface area contributed by atoms with Gasteiger partial charge in [0.1, 0.15) is 12.4 Å². The maximum atomic E-state index is 12.7. The van der Waals surface area contributed by atoms with Gasteiger partial charge in [0.15, 0.2) is 0 Å². The van der Waals surface area contributed by atoms with Crippen LogP contribution in [0.25, 0.3) is 11.4 Å². The molecule has 2 aliphatic rings.